The number of anilines is 1. The van der Waals surface area contributed by atoms with Crippen LogP contribution >= 0.6 is 23.2 Å². The molecular formula is C11H8Cl2N4O. The molecular weight excluding hydrogens is 275 g/mol. The average molecular weight is 283 g/mol. The fourth-order valence-corrected chi connectivity index (χ4v) is 1.75. The van der Waals surface area contributed by atoms with Crippen LogP contribution in [0.15, 0.2) is 24.5 Å². The van der Waals surface area contributed by atoms with Crippen molar-refractivity contribution in [2.45, 2.75) is 6.92 Å². The van der Waals surface area contributed by atoms with Gasteiger partial charge in [0, 0.05) is 17.3 Å². The van der Waals surface area contributed by atoms with Gasteiger partial charge >= 0.3 is 0 Å². The first-order valence-electron chi connectivity index (χ1n) is 4.97. The molecule has 0 saturated carbocycles. The summed E-state index contributed by atoms with van der Waals surface area (Å²) in [5.74, 6) is -0.0113. The van der Waals surface area contributed by atoms with E-state index < -0.39 is 0 Å². The van der Waals surface area contributed by atoms with E-state index >= 15 is 0 Å². The third kappa shape index (κ3) is 3.15. The Kier molecular flexibility index (Phi) is 3.74. The van der Waals surface area contributed by atoms with Crippen molar-refractivity contribution in [1.29, 1.82) is 0 Å². The summed E-state index contributed by atoms with van der Waals surface area (Å²) in [4.78, 5) is 23.5. The van der Waals surface area contributed by atoms with Crippen LogP contribution < -0.4 is 5.32 Å². The van der Waals surface area contributed by atoms with Crippen molar-refractivity contribution in [2.75, 3.05) is 5.32 Å². The second kappa shape index (κ2) is 5.29. The minimum atomic E-state index is -0.336. The Hall–Kier alpha value is -1.72. The molecule has 2 aromatic rings. The van der Waals surface area contributed by atoms with E-state index in [9.17, 15) is 4.79 Å². The van der Waals surface area contributed by atoms with Crippen molar-refractivity contribution in [3.8, 4) is 0 Å². The SMILES string of the molecule is Cc1cc(C(=O)Nc2cc(Cl)ncn2)cc(Cl)n1. The van der Waals surface area contributed by atoms with Crippen molar-refractivity contribution in [3.05, 3.63) is 46.1 Å². The smallest absolute Gasteiger partial charge is 0.256 e. The fourth-order valence-electron chi connectivity index (χ4n) is 1.35. The van der Waals surface area contributed by atoms with E-state index in [0.717, 1.165) is 0 Å². The summed E-state index contributed by atoms with van der Waals surface area (Å²) in [6.45, 7) is 1.75. The van der Waals surface area contributed by atoms with Gasteiger partial charge in [0.15, 0.2) is 0 Å². The van der Waals surface area contributed by atoms with Crippen LogP contribution in [0.25, 0.3) is 0 Å². The Bertz CT molecular complexity index is 583. The molecule has 1 N–H and O–H groups in total. The van der Waals surface area contributed by atoms with Crippen molar-refractivity contribution in [2.24, 2.45) is 0 Å². The van der Waals surface area contributed by atoms with Gasteiger partial charge in [-0.2, -0.15) is 0 Å². The molecule has 2 heterocycles. The van der Waals surface area contributed by atoms with Crippen molar-refractivity contribution < 1.29 is 4.79 Å². The molecule has 92 valence electrons. The maximum atomic E-state index is 11.9. The molecule has 0 fully saturated rings. The summed E-state index contributed by atoms with van der Waals surface area (Å²) in [5.41, 5.74) is 1.07. The van der Waals surface area contributed by atoms with Gasteiger partial charge in [0.05, 0.1) is 0 Å². The number of rotatable bonds is 2. The number of carbonyl (C=O) groups is 1. The molecule has 0 aromatic carbocycles. The van der Waals surface area contributed by atoms with Gasteiger partial charge in [-0.15, -0.1) is 0 Å². The normalized spacial score (nSPS) is 10.2. The van der Waals surface area contributed by atoms with E-state index in [1.54, 1.807) is 13.0 Å². The molecule has 7 heteroatoms. The zero-order valence-electron chi connectivity index (χ0n) is 9.32. The Labute approximate surface area is 113 Å². The van der Waals surface area contributed by atoms with Crippen LogP contribution in [0, 0.1) is 6.92 Å². The first kappa shape index (κ1) is 12.7. The van der Waals surface area contributed by atoms with Crippen LogP contribution in [0.2, 0.25) is 10.3 Å². The standard InChI is InChI=1S/C11H8Cl2N4O/c1-6-2-7(3-9(13)16-6)11(18)17-10-4-8(12)14-5-15-10/h2-5H,1H3,(H,14,15,17,18). The van der Waals surface area contributed by atoms with E-state index in [2.05, 4.69) is 20.3 Å². The first-order chi connectivity index (χ1) is 8.54. The largest absolute Gasteiger partial charge is 0.306 e. The van der Waals surface area contributed by atoms with E-state index in [-0.39, 0.29) is 16.2 Å². The van der Waals surface area contributed by atoms with Gasteiger partial charge in [0.1, 0.15) is 22.5 Å². The molecule has 0 radical (unpaired) electrons. The van der Waals surface area contributed by atoms with Crippen LogP contribution in [0.5, 0.6) is 0 Å². The molecule has 0 unspecified atom stereocenters. The summed E-state index contributed by atoms with van der Waals surface area (Å²) in [7, 11) is 0. The molecule has 2 aromatic heterocycles. The summed E-state index contributed by atoms with van der Waals surface area (Å²) in [6.07, 6.45) is 1.27. The number of pyridine rings is 1. The summed E-state index contributed by atoms with van der Waals surface area (Å²) in [5, 5.41) is 3.11. The van der Waals surface area contributed by atoms with Crippen LogP contribution in [-0.2, 0) is 0 Å². The maximum Gasteiger partial charge on any atom is 0.256 e. The molecule has 2 rings (SSSR count). The van der Waals surface area contributed by atoms with Gasteiger partial charge in [-0.3, -0.25) is 4.79 Å². The number of hydrogen-bond donors (Lipinski definition) is 1. The number of hydrogen-bond acceptors (Lipinski definition) is 4. The quantitative estimate of drug-likeness (QED) is 0.679. The molecule has 0 atom stereocenters. The van der Waals surface area contributed by atoms with Crippen LogP contribution in [0.4, 0.5) is 5.82 Å². The summed E-state index contributed by atoms with van der Waals surface area (Å²) >= 11 is 11.5. The number of halogens is 2. The van der Waals surface area contributed by atoms with E-state index in [0.29, 0.717) is 17.1 Å². The van der Waals surface area contributed by atoms with Crippen LogP contribution in [0.3, 0.4) is 0 Å². The minimum absolute atomic E-state index is 0.254. The minimum Gasteiger partial charge on any atom is -0.306 e. The lowest BCUT2D eigenvalue weighted by Gasteiger charge is -2.05. The predicted molar refractivity (Wildman–Crippen MR) is 69.0 cm³/mol. The summed E-state index contributed by atoms with van der Waals surface area (Å²) < 4.78 is 0. The van der Waals surface area contributed by atoms with Gasteiger partial charge in [-0.05, 0) is 19.1 Å². The number of carbonyl (C=O) groups excluding carboxylic acids is 1. The van der Waals surface area contributed by atoms with Crippen molar-refractivity contribution in [1.82, 2.24) is 15.0 Å². The summed E-state index contributed by atoms with van der Waals surface area (Å²) in [6, 6.07) is 4.56. The first-order valence-corrected chi connectivity index (χ1v) is 5.73. The highest BCUT2D eigenvalue weighted by molar-refractivity contribution is 6.30. The highest BCUT2D eigenvalue weighted by atomic mass is 35.5. The Morgan fingerprint density at radius 2 is 1.94 bits per heavy atom. The second-order valence-electron chi connectivity index (χ2n) is 3.50. The highest BCUT2D eigenvalue weighted by Crippen LogP contribution is 2.13. The number of nitrogens with zero attached hydrogens (tertiary/aromatic N) is 3. The van der Waals surface area contributed by atoms with Crippen LogP contribution in [0.1, 0.15) is 16.1 Å². The third-order valence-corrected chi connectivity index (χ3v) is 2.46. The van der Waals surface area contributed by atoms with Gasteiger partial charge in [0.2, 0.25) is 0 Å². The fraction of sp³-hybridized carbons (Fsp3) is 0.0909. The van der Waals surface area contributed by atoms with Gasteiger partial charge in [-0.25, -0.2) is 15.0 Å². The Morgan fingerprint density at radius 1 is 1.17 bits per heavy atom. The number of aryl methyl sites for hydroxylation is 1. The van der Waals surface area contributed by atoms with Crippen molar-refractivity contribution in [3.63, 3.8) is 0 Å². The van der Waals surface area contributed by atoms with E-state index in [1.165, 1.54) is 18.5 Å². The molecule has 0 saturated heterocycles. The number of aromatic nitrogens is 3. The highest BCUT2D eigenvalue weighted by Gasteiger charge is 2.09. The molecule has 1 amide bonds. The van der Waals surface area contributed by atoms with E-state index in [1.807, 2.05) is 0 Å². The molecule has 0 aliphatic rings. The molecule has 0 spiro atoms. The lowest BCUT2D eigenvalue weighted by atomic mass is 10.2. The molecule has 0 aliphatic heterocycles. The monoisotopic (exact) mass is 282 g/mol. The van der Waals surface area contributed by atoms with E-state index in [4.69, 9.17) is 23.2 Å². The molecule has 18 heavy (non-hydrogen) atoms. The lowest BCUT2D eigenvalue weighted by molar-refractivity contribution is 0.102. The second-order valence-corrected chi connectivity index (χ2v) is 4.27. The van der Waals surface area contributed by atoms with Gasteiger partial charge < -0.3 is 5.32 Å². The van der Waals surface area contributed by atoms with Crippen LogP contribution in [-0.4, -0.2) is 20.9 Å². The number of nitrogens with one attached hydrogen (secondary N) is 1. The lowest BCUT2D eigenvalue weighted by Crippen LogP contribution is -2.13. The molecule has 0 bridgehead atoms. The van der Waals surface area contributed by atoms with Crippen molar-refractivity contribution >= 4 is 34.9 Å². The topological polar surface area (TPSA) is 67.8 Å². The zero-order chi connectivity index (χ0) is 13.1. The number of amides is 1. The predicted octanol–water partition coefficient (Wildman–Crippen LogP) is 2.74. The average Bonchev–Trinajstić information content (AvgIpc) is 2.27. The third-order valence-electron chi connectivity index (χ3n) is 2.06. The molecule has 5 nitrogen and oxygen atoms in total. The Morgan fingerprint density at radius 3 is 2.61 bits per heavy atom. The zero-order valence-corrected chi connectivity index (χ0v) is 10.8. The Balaban J connectivity index is 2.22. The van der Waals surface area contributed by atoms with Gasteiger partial charge in [-0.1, -0.05) is 23.2 Å². The van der Waals surface area contributed by atoms with Gasteiger partial charge in [0.25, 0.3) is 5.91 Å². The molecule has 0 aliphatic carbocycles. The maximum absolute atomic E-state index is 11.9.